The van der Waals surface area contributed by atoms with Gasteiger partial charge in [0.25, 0.3) is 0 Å². The van der Waals surface area contributed by atoms with Gasteiger partial charge in [-0.3, -0.25) is 4.68 Å². The van der Waals surface area contributed by atoms with Crippen LogP contribution in [0.5, 0.6) is 0 Å². The van der Waals surface area contributed by atoms with Gasteiger partial charge in [-0.2, -0.15) is 18.3 Å². The Bertz CT molecular complexity index is 1730. The lowest BCUT2D eigenvalue weighted by atomic mass is 9.97. The summed E-state index contributed by atoms with van der Waals surface area (Å²) >= 11 is 10.5. The number of anilines is 1. The number of hydrogen-bond acceptors (Lipinski definition) is 5. The third-order valence-corrected chi connectivity index (χ3v) is 7.87. The summed E-state index contributed by atoms with van der Waals surface area (Å²) in [6.45, 7) is 0.634. The van der Waals surface area contributed by atoms with Crippen molar-refractivity contribution in [1.29, 1.82) is 0 Å². The Morgan fingerprint density at radius 2 is 1.88 bits per heavy atom. The number of fused-ring (bicyclic) bond motifs is 3. The minimum Gasteiger partial charge on any atom is -0.389 e. The molecule has 0 aliphatic carbocycles. The van der Waals surface area contributed by atoms with E-state index < -0.39 is 23.9 Å². The van der Waals surface area contributed by atoms with Crippen LogP contribution < -0.4 is 5.32 Å². The molecule has 0 fully saturated rings. The monoisotopic (exact) mass is 642 g/mol. The summed E-state index contributed by atoms with van der Waals surface area (Å²) in [5.74, 6) is 0.615. The maximum atomic E-state index is 12.9. The molecule has 1 aliphatic heterocycles. The van der Waals surface area contributed by atoms with Crippen LogP contribution in [0.4, 0.5) is 19.0 Å². The van der Waals surface area contributed by atoms with Gasteiger partial charge < -0.3 is 15.2 Å². The fourth-order valence-corrected chi connectivity index (χ4v) is 5.67. The number of alkyl halides is 3. The van der Waals surface area contributed by atoms with Crippen LogP contribution in [0.15, 0.2) is 83.5 Å². The number of aliphatic hydroxyl groups is 1. The molecule has 2 aromatic heterocycles. The topological polar surface area (TPSA) is 72.2 Å². The van der Waals surface area contributed by atoms with Crippen molar-refractivity contribution in [3.63, 3.8) is 0 Å². The zero-order chi connectivity index (χ0) is 28.7. The van der Waals surface area contributed by atoms with Gasteiger partial charge in [0.05, 0.1) is 41.1 Å². The van der Waals surface area contributed by atoms with Crippen molar-refractivity contribution in [3.05, 3.63) is 111 Å². The van der Waals surface area contributed by atoms with Crippen LogP contribution in [0.1, 0.15) is 28.4 Å². The molecule has 210 valence electrons. The summed E-state index contributed by atoms with van der Waals surface area (Å²) in [6, 6.07) is 20.1. The third-order valence-electron chi connectivity index (χ3n) is 6.97. The molecule has 0 spiro atoms. The van der Waals surface area contributed by atoms with E-state index in [2.05, 4.69) is 26.3 Å². The molecule has 0 saturated heterocycles. The molecule has 3 heterocycles. The summed E-state index contributed by atoms with van der Waals surface area (Å²) < 4.78 is 47.5. The number of aromatic nitrogens is 3. The number of nitrogens with one attached hydrogen (secondary N) is 1. The van der Waals surface area contributed by atoms with Gasteiger partial charge >= 0.3 is 6.18 Å². The average Bonchev–Trinajstić information content (AvgIpc) is 3.34. The predicted molar refractivity (Wildman–Crippen MR) is 155 cm³/mol. The minimum atomic E-state index is -4.40. The van der Waals surface area contributed by atoms with E-state index in [1.165, 1.54) is 16.8 Å². The molecule has 2 atom stereocenters. The lowest BCUT2D eigenvalue weighted by Crippen LogP contribution is -2.24. The van der Waals surface area contributed by atoms with Gasteiger partial charge in [0.15, 0.2) is 0 Å². The predicted octanol–water partition coefficient (Wildman–Crippen LogP) is 7.63. The number of ether oxygens (including phenoxy) is 1. The molecular weight excluding hydrogens is 621 g/mol. The zero-order valence-electron chi connectivity index (χ0n) is 21.4. The lowest BCUT2D eigenvalue weighted by molar-refractivity contribution is -0.137. The van der Waals surface area contributed by atoms with Crippen molar-refractivity contribution >= 4 is 44.3 Å². The minimum absolute atomic E-state index is 0.0252. The highest BCUT2D eigenvalue weighted by molar-refractivity contribution is 9.10. The number of benzene rings is 3. The van der Waals surface area contributed by atoms with Gasteiger partial charge in [-0.1, -0.05) is 70.0 Å². The second-order valence-corrected chi connectivity index (χ2v) is 11.1. The molecule has 6 rings (SSSR count). The van der Waals surface area contributed by atoms with E-state index in [9.17, 15) is 18.3 Å². The lowest BCUT2D eigenvalue weighted by Gasteiger charge is -2.23. The van der Waals surface area contributed by atoms with Gasteiger partial charge in [-0.25, -0.2) is 4.98 Å². The quantitative estimate of drug-likeness (QED) is 0.199. The first-order valence-electron chi connectivity index (χ1n) is 12.8. The molecule has 0 saturated carbocycles. The molecule has 5 aromatic rings. The van der Waals surface area contributed by atoms with Crippen LogP contribution in [0.3, 0.4) is 0 Å². The van der Waals surface area contributed by atoms with E-state index in [4.69, 9.17) is 21.3 Å². The molecule has 2 N–H and O–H groups in total. The summed E-state index contributed by atoms with van der Waals surface area (Å²) in [5.41, 5.74) is 3.71. The fourth-order valence-electron chi connectivity index (χ4n) is 4.97. The zero-order valence-corrected chi connectivity index (χ0v) is 23.7. The van der Waals surface area contributed by atoms with Crippen LogP contribution in [-0.4, -0.2) is 32.6 Å². The van der Waals surface area contributed by atoms with Crippen molar-refractivity contribution in [2.45, 2.75) is 31.5 Å². The molecule has 6 nitrogen and oxygen atoms in total. The summed E-state index contributed by atoms with van der Waals surface area (Å²) in [7, 11) is 0. The number of halogens is 5. The van der Waals surface area contributed by atoms with E-state index in [0.29, 0.717) is 34.2 Å². The number of pyridine rings is 1. The smallest absolute Gasteiger partial charge is 0.389 e. The second kappa shape index (κ2) is 11.1. The van der Waals surface area contributed by atoms with Crippen LogP contribution in [-0.2, 0) is 24.0 Å². The Hall–Kier alpha value is -3.44. The van der Waals surface area contributed by atoms with Crippen molar-refractivity contribution in [2.75, 3.05) is 11.9 Å². The summed E-state index contributed by atoms with van der Waals surface area (Å²) in [5, 5.41) is 20.0. The molecule has 3 aromatic carbocycles. The Labute approximate surface area is 246 Å². The van der Waals surface area contributed by atoms with E-state index in [1.54, 1.807) is 12.3 Å². The van der Waals surface area contributed by atoms with Gasteiger partial charge in [0, 0.05) is 33.7 Å². The highest BCUT2D eigenvalue weighted by Gasteiger charge is 2.31. The normalized spacial score (nSPS) is 15.6. The molecule has 0 radical (unpaired) electrons. The summed E-state index contributed by atoms with van der Waals surface area (Å²) in [4.78, 5) is 4.83. The van der Waals surface area contributed by atoms with Crippen LogP contribution >= 0.6 is 27.5 Å². The first-order valence-corrected chi connectivity index (χ1v) is 14.0. The molecule has 0 bridgehead atoms. The second-order valence-electron chi connectivity index (χ2n) is 9.77. The van der Waals surface area contributed by atoms with Crippen LogP contribution in [0, 0.1) is 0 Å². The Balaban J connectivity index is 1.23. The van der Waals surface area contributed by atoms with Gasteiger partial charge in [0.1, 0.15) is 11.9 Å². The average molecular weight is 644 g/mol. The maximum Gasteiger partial charge on any atom is 0.416 e. The number of rotatable bonds is 6. The largest absolute Gasteiger partial charge is 0.416 e. The van der Waals surface area contributed by atoms with Crippen LogP contribution in [0.25, 0.3) is 22.2 Å². The third kappa shape index (κ3) is 5.70. The Kier molecular flexibility index (Phi) is 7.50. The van der Waals surface area contributed by atoms with Crippen molar-refractivity contribution < 1.29 is 23.0 Å². The van der Waals surface area contributed by atoms with Gasteiger partial charge in [-0.05, 0) is 41.5 Å². The maximum absolute atomic E-state index is 12.9. The molecule has 0 amide bonds. The van der Waals surface area contributed by atoms with E-state index in [1.807, 2.05) is 42.5 Å². The highest BCUT2D eigenvalue weighted by Crippen LogP contribution is 2.43. The van der Waals surface area contributed by atoms with Crippen molar-refractivity contribution in [1.82, 2.24) is 14.8 Å². The number of hydrogen-bond donors (Lipinski definition) is 2. The molecule has 41 heavy (non-hydrogen) atoms. The van der Waals surface area contributed by atoms with E-state index in [-0.39, 0.29) is 13.2 Å². The van der Waals surface area contributed by atoms with Crippen molar-refractivity contribution in [2.24, 2.45) is 0 Å². The first-order chi connectivity index (χ1) is 19.7. The SMILES string of the molecule is OC(COC1c2ccccc2CNc2nc3cc(Br)ccc3c(Cl)c21)Cn1ccc(-c2ccc(C(F)(F)F)cc2)n1. The number of nitrogens with zero attached hydrogens (tertiary/aromatic N) is 3. The van der Waals surface area contributed by atoms with Crippen molar-refractivity contribution in [3.8, 4) is 11.3 Å². The fraction of sp³-hybridized carbons (Fsp3) is 0.200. The standard InChI is InChI=1S/C30H23BrClF3N4O2/c31-20-9-10-23-25(13-20)37-29-26(27(23)32)28(22-4-2-1-3-18(22)14-36-29)41-16-21(40)15-39-12-11-24(38-39)17-5-7-19(8-6-17)30(33,34)35/h1-13,21,28,40H,14-16H2,(H,36,37). The molecule has 2 unspecified atom stereocenters. The summed E-state index contributed by atoms with van der Waals surface area (Å²) in [6.07, 6.45) is -4.24. The number of aliphatic hydroxyl groups excluding tert-OH is 1. The molecule has 11 heteroatoms. The highest BCUT2D eigenvalue weighted by atomic mass is 79.9. The molecule has 1 aliphatic rings. The van der Waals surface area contributed by atoms with Gasteiger partial charge in [0.2, 0.25) is 0 Å². The van der Waals surface area contributed by atoms with E-state index in [0.717, 1.165) is 38.6 Å². The van der Waals surface area contributed by atoms with E-state index >= 15 is 0 Å². The van der Waals surface area contributed by atoms with Crippen LogP contribution in [0.2, 0.25) is 5.02 Å². The first kappa shape index (κ1) is 27.7. The Morgan fingerprint density at radius 3 is 2.66 bits per heavy atom. The Morgan fingerprint density at radius 1 is 1.10 bits per heavy atom. The van der Waals surface area contributed by atoms with Gasteiger partial charge in [-0.15, -0.1) is 0 Å². The molecular formula is C30H23BrClF3N4O2.